The number of carbonyl (C=O) groups excluding carboxylic acids is 1. The van der Waals surface area contributed by atoms with Crippen molar-refractivity contribution in [3.63, 3.8) is 0 Å². The third kappa shape index (κ3) is 4.98. The predicted molar refractivity (Wildman–Crippen MR) is 121 cm³/mol. The van der Waals surface area contributed by atoms with Gasteiger partial charge in [0.25, 0.3) is 0 Å². The first-order valence-electron chi connectivity index (χ1n) is 10.4. The second kappa shape index (κ2) is 9.94. The third-order valence-corrected chi connectivity index (χ3v) is 5.95. The number of aromatic nitrogens is 2. The molecule has 3 aromatic rings. The van der Waals surface area contributed by atoms with Gasteiger partial charge in [0, 0.05) is 42.6 Å². The van der Waals surface area contributed by atoms with Gasteiger partial charge in [0.05, 0.1) is 36.9 Å². The van der Waals surface area contributed by atoms with E-state index < -0.39 is 6.67 Å². The Morgan fingerprint density at radius 2 is 2.00 bits per heavy atom. The number of benzene rings is 2. The Morgan fingerprint density at radius 3 is 2.72 bits per heavy atom. The van der Waals surface area contributed by atoms with Gasteiger partial charge in [0.1, 0.15) is 0 Å². The van der Waals surface area contributed by atoms with Gasteiger partial charge in [0.15, 0.2) is 0 Å². The summed E-state index contributed by atoms with van der Waals surface area (Å²) in [4.78, 5) is 20.9. The van der Waals surface area contributed by atoms with Crippen LogP contribution in [0.1, 0.15) is 23.2 Å². The average molecular weight is 452 g/mol. The van der Waals surface area contributed by atoms with Crippen molar-refractivity contribution in [2.45, 2.75) is 25.6 Å². The summed E-state index contributed by atoms with van der Waals surface area (Å²) in [5.74, 6) is -0.0412. The number of hydrogen-bond acceptors (Lipinski definition) is 4. The normalized spacial score (nSPS) is 16.8. The second-order valence-electron chi connectivity index (χ2n) is 7.84. The molecule has 32 heavy (non-hydrogen) atoms. The summed E-state index contributed by atoms with van der Waals surface area (Å²) in [6.45, 7) is 1.25. The number of anilines is 1. The summed E-state index contributed by atoms with van der Waals surface area (Å²) < 4.78 is 15.4. The number of piperazine rings is 1. The van der Waals surface area contributed by atoms with Crippen LogP contribution < -0.4 is 4.90 Å². The van der Waals surface area contributed by atoms with Crippen LogP contribution in [0.3, 0.4) is 0 Å². The van der Waals surface area contributed by atoms with Gasteiger partial charge in [-0.1, -0.05) is 29.8 Å². The van der Waals surface area contributed by atoms with Crippen molar-refractivity contribution in [1.82, 2.24) is 14.5 Å². The molecule has 0 radical (unpaired) electrons. The van der Waals surface area contributed by atoms with E-state index >= 15 is 0 Å². The van der Waals surface area contributed by atoms with Gasteiger partial charge in [-0.3, -0.25) is 14.1 Å². The molecule has 0 bridgehead atoms. The van der Waals surface area contributed by atoms with E-state index in [0.29, 0.717) is 36.6 Å². The van der Waals surface area contributed by atoms with Gasteiger partial charge in [-0.25, -0.2) is 4.98 Å². The lowest BCUT2D eigenvalue weighted by Crippen LogP contribution is -2.56. The molecule has 1 aliphatic rings. The van der Waals surface area contributed by atoms with Crippen LogP contribution in [0.2, 0.25) is 5.02 Å². The second-order valence-corrected chi connectivity index (χ2v) is 8.28. The Kier molecular flexibility index (Phi) is 6.84. The average Bonchev–Trinajstić information content (AvgIpc) is 3.22. The first-order valence-corrected chi connectivity index (χ1v) is 10.8. The molecule has 6 nitrogen and oxygen atoms in total. The molecule has 1 atom stereocenters. The zero-order valence-corrected chi connectivity index (χ0v) is 18.2. The van der Waals surface area contributed by atoms with Crippen molar-refractivity contribution in [3.8, 4) is 6.07 Å². The SMILES string of the molecule is N#Cc1ccc(Cn2cncc2CN2CC(=O)N(c3cccc(Cl)c3)C[C@@H]2CCF)cc1. The molecule has 0 N–H and O–H groups in total. The number of nitrogens with zero attached hydrogens (tertiary/aromatic N) is 5. The highest BCUT2D eigenvalue weighted by molar-refractivity contribution is 6.30. The molecule has 164 valence electrons. The first-order chi connectivity index (χ1) is 15.6. The van der Waals surface area contributed by atoms with E-state index in [-0.39, 0.29) is 18.5 Å². The number of carbonyl (C=O) groups is 1. The van der Waals surface area contributed by atoms with Crippen LogP contribution in [-0.2, 0) is 17.9 Å². The molecule has 1 saturated heterocycles. The Morgan fingerprint density at radius 1 is 1.19 bits per heavy atom. The lowest BCUT2D eigenvalue weighted by atomic mass is 10.1. The summed E-state index contributed by atoms with van der Waals surface area (Å²) in [5.41, 5.74) is 3.34. The van der Waals surface area contributed by atoms with Gasteiger partial charge in [-0.15, -0.1) is 0 Å². The van der Waals surface area contributed by atoms with Crippen LogP contribution in [0.5, 0.6) is 0 Å². The van der Waals surface area contributed by atoms with Gasteiger partial charge in [0.2, 0.25) is 5.91 Å². The van der Waals surface area contributed by atoms with E-state index in [1.807, 2.05) is 33.7 Å². The number of amides is 1. The minimum absolute atomic E-state index is 0.0412. The van der Waals surface area contributed by atoms with E-state index in [2.05, 4.69) is 11.1 Å². The predicted octanol–water partition coefficient (Wildman–Crippen LogP) is 4.03. The molecule has 1 aromatic heterocycles. The summed E-state index contributed by atoms with van der Waals surface area (Å²) in [7, 11) is 0. The summed E-state index contributed by atoms with van der Waals surface area (Å²) in [5, 5.41) is 9.53. The maximum Gasteiger partial charge on any atom is 0.241 e. The molecule has 1 amide bonds. The summed E-state index contributed by atoms with van der Waals surface area (Å²) >= 11 is 6.10. The fourth-order valence-electron chi connectivity index (χ4n) is 4.01. The minimum Gasteiger partial charge on any atom is -0.329 e. The van der Waals surface area contributed by atoms with Crippen molar-refractivity contribution >= 4 is 23.2 Å². The van der Waals surface area contributed by atoms with E-state index in [1.54, 1.807) is 41.7 Å². The maximum atomic E-state index is 13.4. The highest BCUT2D eigenvalue weighted by Gasteiger charge is 2.33. The standard InChI is InChI=1S/C24H23ClFN5O/c25-20-2-1-3-21(10-20)31-15-22(8-9-26)29(16-24(31)32)14-23-12-28-17-30(23)13-19-6-4-18(11-27)5-7-19/h1-7,10,12,17,22H,8-9,13-16H2/t22-/m0/s1. The third-order valence-electron chi connectivity index (χ3n) is 5.71. The van der Waals surface area contributed by atoms with Crippen LogP contribution in [0.25, 0.3) is 0 Å². The molecular weight excluding hydrogens is 429 g/mol. The summed E-state index contributed by atoms with van der Waals surface area (Å²) in [6.07, 6.45) is 3.87. The lowest BCUT2D eigenvalue weighted by Gasteiger charge is -2.40. The zero-order chi connectivity index (χ0) is 22.5. The fraction of sp³-hybridized carbons (Fsp3) is 0.292. The molecule has 4 rings (SSSR count). The fourth-order valence-corrected chi connectivity index (χ4v) is 4.19. The van der Waals surface area contributed by atoms with Gasteiger partial charge < -0.3 is 9.47 Å². The van der Waals surface area contributed by atoms with Crippen LogP contribution in [0, 0.1) is 11.3 Å². The van der Waals surface area contributed by atoms with E-state index in [4.69, 9.17) is 16.9 Å². The monoisotopic (exact) mass is 451 g/mol. The molecule has 8 heteroatoms. The van der Waals surface area contributed by atoms with Crippen LogP contribution in [0.4, 0.5) is 10.1 Å². The van der Waals surface area contributed by atoms with E-state index in [9.17, 15) is 9.18 Å². The Balaban J connectivity index is 1.49. The largest absolute Gasteiger partial charge is 0.329 e. The van der Waals surface area contributed by atoms with E-state index in [0.717, 1.165) is 16.9 Å². The smallest absolute Gasteiger partial charge is 0.241 e. The number of alkyl halides is 1. The molecule has 1 fully saturated rings. The summed E-state index contributed by atoms with van der Waals surface area (Å²) in [6, 6.07) is 16.6. The number of rotatable bonds is 7. The molecule has 1 aliphatic heterocycles. The molecule has 0 aliphatic carbocycles. The first kappa shape index (κ1) is 22.0. The number of hydrogen-bond donors (Lipinski definition) is 0. The van der Waals surface area contributed by atoms with Crippen molar-refractivity contribution in [2.24, 2.45) is 0 Å². The van der Waals surface area contributed by atoms with Crippen LogP contribution in [-0.4, -0.2) is 46.2 Å². The molecule has 0 spiro atoms. The quantitative estimate of drug-likeness (QED) is 0.544. The Labute approximate surface area is 191 Å². The van der Waals surface area contributed by atoms with Crippen molar-refractivity contribution in [2.75, 3.05) is 24.7 Å². The number of nitriles is 1. The van der Waals surface area contributed by atoms with Gasteiger partial charge >= 0.3 is 0 Å². The number of halogens is 2. The molecule has 0 saturated carbocycles. The van der Waals surface area contributed by atoms with Gasteiger partial charge in [-0.05, 0) is 42.3 Å². The lowest BCUT2D eigenvalue weighted by molar-refractivity contribution is -0.122. The minimum atomic E-state index is -0.455. The zero-order valence-electron chi connectivity index (χ0n) is 17.5. The topological polar surface area (TPSA) is 65.2 Å². The molecule has 2 heterocycles. The maximum absolute atomic E-state index is 13.4. The van der Waals surface area contributed by atoms with Crippen molar-refractivity contribution in [3.05, 3.63) is 82.9 Å². The Bertz CT molecular complexity index is 1120. The van der Waals surface area contributed by atoms with Crippen molar-refractivity contribution < 1.29 is 9.18 Å². The van der Waals surface area contributed by atoms with Crippen molar-refractivity contribution in [1.29, 1.82) is 5.26 Å². The van der Waals surface area contributed by atoms with Crippen LogP contribution in [0.15, 0.2) is 61.1 Å². The molecular formula is C24H23ClFN5O. The highest BCUT2D eigenvalue weighted by atomic mass is 35.5. The van der Waals surface area contributed by atoms with Crippen LogP contribution >= 0.6 is 11.6 Å². The van der Waals surface area contributed by atoms with E-state index in [1.165, 1.54) is 0 Å². The molecule has 2 aromatic carbocycles. The number of imidazole rings is 1. The van der Waals surface area contributed by atoms with Gasteiger partial charge in [-0.2, -0.15) is 5.26 Å². The highest BCUT2D eigenvalue weighted by Crippen LogP contribution is 2.25. The molecule has 0 unspecified atom stereocenters. The Hall–Kier alpha value is -3.21.